The Morgan fingerprint density at radius 3 is 2.64 bits per heavy atom. The topological polar surface area (TPSA) is 53.9 Å². The minimum atomic E-state index is -4.50. The first-order valence-corrected chi connectivity index (χ1v) is 11.7. The fourth-order valence-electron chi connectivity index (χ4n) is 4.20. The summed E-state index contributed by atoms with van der Waals surface area (Å²) in [4.78, 5) is 15.1. The van der Waals surface area contributed by atoms with E-state index in [0.717, 1.165) is 44.1 Å². The van der Waals surface area contributed by atoms with E-state index in [-0.39, 0.29) is 6.04 Å². The molecule has 5 heterocycles. The molecule has 1 fully saturated rings. The molecule has 0 unspecified atom stereocenters. The Kier molecular flexibility index (Phi) is 5.99. The lowest BCUT2D eigenvalue weighted by Gasteiger charge is -2.32. The summed E-state index contributed by atoms with van der Waals surface area (Å²) in [6.45, 7) is 2.71. The highest BCUT2D eigenvalue weighted by Gasteiger charge is 2.33. The molecule has 170 valence electrons. The van der Waals surface area contributed by atoms with Crippen LogP contribution in [0.1, 0.15) is 24.1 Å². The van der Waals surface area contributed by atoms with Gasteiger partial charge in [0.2, 0.25) is 0 Å². The van der Waals surface area contributed by atoms with Crippen molar-refractivity contribution in [3.05, 3.63) is 70.9 Å². The van der Waals surface area contributed by atoms with Crippen molar-refractivity contribution in [2.24, 2.45) is 0 Å². The molecule has 0 saturated carbocycles. The zero-order valence-corrected chi connectivity index (χ0v) is 18.5. The van der Waals surface area contributed by atoms with Gasteiger partial charge in [-0.3, -0.25) is 9.88 Å². The summed E-state index contributed by atoms with van der Waals surface area (Å²) in [5.41, 5.74) is 2.03. The predicted octanol–water partition coefficient (Wildman–Crippen LogP) is 5.85. The molecule has 0 bridgehead atoms. The Hall–Kier alpha value is -3.04. The minimum absolute atomic E-state index is 0.195. The number of nitrogens with zero attached hydrogens (tertiary/aromatic N) is 4. The Morgan fingerprint density at radius 1 is 1.09 bits per heavy atom. The largest absolute Gasteiger partial charge is 0.433 e. The number of aromatic nitrogens is 3. The van der Waals surface area contributed by atoms with Crippen LogP contribution in [0.15, 0.2) is 59.7 Å². The van der Waals surface area contributed by atoms with Crippen LogP contribution in [0.4, 0.5) is 19.0 Å². The fourth-order valence-corrected chi connectivity index (χ4v) is 4.85. The second kappa shape index (κ2) is 9.07. The van der Waals surface area contributed by atoms with Gasteiger partial charge in [-0.05, 0) is 59.0 Å². The van der Waals surface area contributed by atoms with E-state index in [1.165, 1.54) is 23.0 Å². The second-order valence-corrected chi connectivity index (χ2v) is 8.96. The molecule has 5 nitrogen and oxygen atoms in total. The first-order valence-electron chi connectivity index (χ1n) is 10.7. The highest BCUT2D eigenvalue weighted by Crippen LogP contribution is 2.35. The molecule has 0 spiro atoms. The molecule has 0 radical (unpaired) electrons. The van der Waals surface area contributed by atoms with E-state index in [1.54, 1.807) is 12.4 Å². The maximum Gasteiger partial charge on any atom is 0.433 e. The van der Waals surface area contributed by atoms with Crippen molar-refractivity contribution in [3.8, 4) is 11.1 Å². The lowest BCUT2D eigenvalue weighted by Crippen LogP contribution is -2.38. The third-order valence-corrected chi connectivity index (χ3v) is 6.59. The monoisotopic (exact) mass is 469 g/mol. The van der Waals surface area contributed by atoms with E-state index in [1.807, 2.05) is 29.1 Å². The number of halogens is 3. The lowest BCUT2D eigenvalue weighted by molar-refractivity contribution is -0.140. The molecule has 9 heteroatoms. The maximum absolute atomic E-state index is 13.4. The molecule has 1 aliphatic heterocycles. The van der Waals surface area contributed by atoms with E-state index < -0.39 is 11.9 Å². The number of alkyl halides is 3. The number of nitrogens with one attached hydrogen (secondary N) is 1. The molecule has 1 aliphatic rings. The number of likely N-dealkylation sites (tertiary alicyclic amines) is 1. The Morgan fingerprint density at radius 2 is 1.94 bits per heavy atom. The van der Waals surface area contributed by atoms with Gasteiger partial charge in [0.05, 0.1) is 5.52 Å². The van der Waals surface area contributed by atoms with Gasteiger partial charge in [0, 0.05) is 55.2 Å². The van der Waals surface area contributed by atoms with Crippen molar-refractivity contribution in [3.63, 3.8) is 0 Å². The zero-order chi connectivity index (χ0) is 22.8. The summed E-state index contributed by atoms with van der Waals surface area (Å²) < 4.78 is 40.1. The summed E-state index contributed by atoms with van der Waals surface area (Å²) in [6.07, 6.45) is 2.62. The average Bonchev–Trinajstić information content (AvgIpc) is 3.35. The Labute approximate surface area is 193 Å². The third kappa shape index (κ3) is 4.84. The first kappa shape index (κ1) is 21.8. The van der Waals surface area contributed by atoms with Crippen LogP contribution in [0.5, 0.6) is 0 Å². The third-order valence-electron chi connectivity index (χ3n) is 5.91. The molecule has 4 aromatic heterocycles. The molecule has 5 rings (SSSR count). The van der Waals surface area contributed by atoms with E-state index in [4.69, 9.17) is 0 Å². The molecular formula is C24H22F3N5S. The smallest absolute Gasteiger partial charge is 0.367 e. The van der Waals surface area contributed by atoms with Crippen LogP contribution in [0.25, 0.3) is 22.0 Å². The van der Waals surface area contributed by atoms with Crippen LogP contribution in [0.3, 0.4) is 0 Å². The molecule has 1 N–H and O–H groups in total. The first-order chi connectivity index (χ1) is 16.0. The van der Waals surface area contributed by atoms with Gasteiger partial charge >= 0.3 is 6.18 Å². The number of hydrogen-bond donors (Lipinski definition) is 1. The van der Waals surface area contributed by atoms with Crippen molar-refractivity contribution >= 4 is 28.1 Å². The molecule has 4 aromatic rings. The Bertz CT molecular complexity index is 1220. The SMILES string of the molecule is FC(F)(F)c1ccc2c(NC3CCN(Cc4cccnc4)CC3)ncc(-c3ccsc3)c2n1. The van der Waals surface area contributed by atoms with Gasteiger partial charge in [0.25, 0.3) is 0 Å². The summed E-state index contributed by atoms with van der Waals surface area (Å²) in [5, 5.41) is 7.85. The zero-order valence-electron chi connectivity index (χ0n) is 17.7. The van der Waals surface area contributed by atoms with Crippen molar-refractivity contribution in [2.75, 3.05) is 18.4 Å². The predicted molar refractivity (Wildman–Crippen MR) is 124 cm³/mol. The molecule has 0 aromatic carbocycles. The number of pyridine rings is 3. The van der Waals surface area contributed by atoms with Crippen LogP contribution in [0, 0.1) is 0 Å². The molecule has 1 saturated heterocycles. The van der Waals surface area contributed by atoms with Gasteiger partial charge in [-0.15, -0.1) is 0 Å². The standard InChI is InChI=1S/C24H22F3N5S/c25-24(26,27)21-4-3-19-22(31-21)20(17-7-11-33-15-17)13-29-23(19)30-18-5-9-32(10-6-18)14-16-2-1-8-28-12-16/h1-4,7-8,11-13,15,18H,5-6,9-10,14H2,(H,29,30). The number of rotatable bonds is 5. The van der Waals surface area contributed by atoms with Crippen molar-refractivity contribution in [1.29, 1.82) is 0 Å². The summed E-state index contributed by atoms with van der Waals surface area (Å²) in [7, 11) is 0. The number of thiophene rings is 1. The van der Waals surface area contributed by atoms with Crippen LogP contribution in [-0.2, 0) is 12.7 Å². The fraction of sp³-hybridized carbons (Fsp3) is 0.292. The molecule has 0 atom stereocenters. The van der Waals surface area contributed by atoms with Crippen LogP contribution < -0.4 is 5.32 Å². The van der Waals surface area contributed by atoms with E-state index in [9.17, 15) is 13.2 Å². The summed E-state index contributed by atoms with van der Waals surface area (Å²) >= 11 is 1.48. The highest BCUT2D eigenvalue weighted by molar-refractivity contribution is 7.08. The quantitative estimate of drug-likeness (QED) is 0.398. The van der Waals surface area contributed by atoms with Crippen molar-refractivity contribution in [1.82, 2.24) is 19.9 Å². The van der Waals surface area contributed by atoms with Crippen molar-refractivity contribution < 1.29 is 13.2 Å². The molecule has 33 heavy (non-hydrogen) atoms. The van der Waals surface area contributed by atoms with Crippen LogP contribution in [0.2, 0.25) is 0 Å². The van der Waals surface area contributed by atoms with E-state index >= 15 is 0 Å². The normalized spacial score (nSPS) is 15.7. The van der Waals surface area contributed by atoms with Crippen LogP contribution in [-0.4, -0.2) is 39.0 Å². The molecule has 0 amide bonds. The van der Waals surface area contributed by atoms with E-state index in [2.05, 4.69) is 31.2 Å². The van der Waals surface area contributed by atoms with Gasteiger partial charge in [-0.2, -0.15) is 24.5 Å². The van der Waals surface area contributed by atoms with E-state index in [0.29, 0.717) is 22.3 Å². The molecule has 0 aliphatic carbocycles. The van der Waals surface area contributed by atoms with Gasteiger partial charge in [0.1, 0.15) is 11.5 Å². The maximum atomic E-state index is 13.4. The highest BCUT2D eigenvalue weighted by atomic mass is 32.1. The summed E-state index contributed by atoms with van der Waals surface area (Å²) in [6, 6.07) is 8.59. The van der Waals surface area contributed by atoms with Crippen LogP contribution >= 0.6 is 11.3 Å². The number of fused-ring (bicyclic) bond motifs is 1. The van der Waals surface area contributed by atoms with Crippen molar-refractivity contribution in [2.45, 2.75) is 31.6 Å². The average molecular weight is 470 g/mol. The minimum Gasteiger partial charge on any atom is -0.367 e. The van der Waals surface area contributed by atoms with Gasteiger partial charge in [0.15, 0.2) is 0 Å². The number of hydrogen-bond acceptors (Lipinski definition) is 6. The lowest BCUT2D eigenvalue weighted by atomic mass is 10.0. The molecular weight excluding hydrogens is 447 g/mol. The number of anilines is 1. The van der Waals surface area contributed by atoms with Gasteiger partial charge in [-0.25, -0.2) is 9.97 Å². The summed E-state index contributed by atoms with van der Waals surface area (Å²) in [5.74, 6) is 0.580. The Balaban J connectivity index is 1.37. The number of piperidine rings is 1. The van der Waals surface area contributed by atoms with Gasteiger partial charge in [-0.1, -0.05) is 6.07 Å². The second-order valence-electron chi connectivity index (χ2n) is 8.18. The van der Waals surface area contributed by atoms with Gasteiger partial charge < -0.3 is 5.32 Å².